The van der Waals surface area contributed by atoms with E-state index in [4.69, 9.17) is 8.83 Å². The first kappa shape index (κ1) is 12.1. The monoisotopic (exact) mass is 278 g/mol. The summed E-state index contributed by atoms with van der Waals surface area (Å²) < 4.78 is 11.7. The second kappa shape index (κ2) is 4.28. The third-order valence-electron chi connectivity index (χ3n) is 3.14. The number of furan rings is 2. The Morgan fingerprint density at radius 2 is 1.17 bits per heavy atom. The van der Waals surface area contributed by atoms with Gasteiger partial charge < -0.3 is 8.83 Å². The predicted molar refractivity (Wildman–Crippen MR) is 79.0 cm³/mol. The number of rotatable bonds is 2. The molecule has 0 saturated heterocycles. The summed E-state index contributed by atoms with van der Waals surface area (Å²) in [4.78, 5) is 2.40. The van der Waals surface area contributed by atoms with Crippen LogP contribution in [-0.4, -0.2) is 12.5 Å². The van der Waals surface area contributed by atoms with E-state index in [-0.39, 0.29) is 0 Å². The van der Waals surface area contributed by atoms with E-state index < -0.39 is 0 Å². The molecule has 3 aromatic rings. The average molecular weight is 278 g/mol. The number of thioether (sulfide) groups is 2. The smallest absolute Gasteiger partial charge is 0.136 e. The summed E-state index contributed by atoms with van der Waals surface area (Å²) >= 11 is 3.43. The van der Waals surface area contributed by atoms with Gasteiger partial charge in [-0.05, 0) is 38.5 Å². The van der Waals surface area contributed by atoms with Gasteiger partial charge in [-0.25, -0.2) is 0 Å². The third kappa shape index (κ3) is 1.59. The van der Waals surface area contributed by atoms with Crippen molar-refractivity contribution in [2.75, 3.05) is 12.5 Å². The molecule has 94 valence electrons. The Labute approximate surface area is 114 Å². The van der Waals surface area contributed by atoms with Crippen molar-refractivity contribution >= 4 is 45.5 Å². The van der Waals surface area contributed by atoms with Gasteiger partial charge in [0.25, 0.3) is 0 Å². The zero-order valence-corrected chi connectivity index (χ0v) is 12.4. The molecule has 4 heteroatoms. The molecule has 2 nitrogen and oxygen atoms in total. The number of hydrogen-bond donors (Lipinski definition) is 0. The Bertz CT molecular complexity index is 673. The molecule has 0 unspecified atom stereocenters. The van der Waals surface area contributed by atoms with Crippen LogP contribution in [0.15, 0.2) is 30.8 Å². The molecule has 0 atom stereocenters. The summed E-state index contributed by atoms with van der Waals surface area (Å²) in [5, 5.41) is 2.29. The van der Waals surface area contributed by atoms with Crippen LogP contribution in [0.1, 0.15) is 11.5 Å². The zero-order valence-electron chi connectivity index (χ0n) is 10.8. The fourth-order valence-electron chi connectivity index (χ4n) is 2.39. The number of benzene rings is 1. The van der Waals surface area contributed by atoms with E-state index in [2.05, 4.69) is 24.6 Å². The van der Waals surface area contributed by atoms with Crippen LogP contribution in [0.4, 0.5) is 0 Å². The molecule has 0 aliphatic rings. The van der Waals surface area contributed by atoms with E-state index in [9.17, 15) is 0 Å². The molecule has 0 aliphatic carbocycles. The molecule has 0 fully saturated rings. The summed E-state index contributed by atoms with van der Waals surface area (Å²) in [7, 11) is 0. The van der Waals surface area contributed by atoms with Crippen molar-refractivity contribution in [3.63, 3.8) is 0 Å². The van der Waals surface area contributed by atoms with Gasteiger partial charge in [0.1, 0.15) is 22.7 Å². The fourth-order valence-corrected chi connectivity index (χ4v) is 3.81. The van der Waals surface area contributed by atoms with Crippen molar-refractivity contribution in [3.05, 3.63) is 23.7 Å². The summed E-state index contributed by atoms with van der Waals surface area (Å²) in [6.45, 7) is 4.02. The second-order valence-electron chi connectivity index (χ2n) is 4.23. The van der Waals surface area contributed by atoms with E-state index in [1.165, 1.54) is 9.79 Å². The van der Waals surface area contributed by atoms with Crippen LogP contribution >= 0.6 is 23.5 Å². The van der Waals surface area contributed by atoms with Crippen LogP contribution in [0.25, 0.3) is 21.9 Å². The Hall–Kier alpha value is -1.00. The molecule has 0 amide bonds. The minimum Gasteiger partial charge on any atom is -0.460 e. The number of fused-ring (bicyclic) bond motifs is 2. The van der Waals surface area contributed by atoms with E-state index in [1.807, 2.05) is 13.8 Å². The third-order valence-corrected chi connectivity index (χ3v) is 4.98. The molecule has 1 aromatic carbocycles. The molecule has 2 aromatic heterocycles. The first-order valence-electron chi connectivity index (χ1n) is 5.70. The van der Waals surface area contributed by atoms with Crippen LogP contribution in [0.2, 0.25) is 0 Å². The molecule has 0 radical (unpaired) electrons. The van der Waals surface area contributed by atoms with Gasteiger partial charge in [0, 0.05) is 10.8 Å². The van der Waals surface area contributed by atoms with Crippen molar-refractivity contribution in [1.29, 1.82) is 0 Å². The molecular weight excluding hydrogens is 264 g/mol. The van der Waals surface area contributed by atoms with Crippen molar-refractivity contribution < 1.29 is 8.83 Å². The quantitative estimate of drug-likeness (QED) is 0.599. The molecule has 18 heavy (non-hydrogen) atoms. The van der Waals surface area contributed by atoms with Crippen LogP contribution in [-0.2, 0) is 0 Å². The van der Waals surface area contributed by atoms with Crippen LogP contribution in [0.5, 0.6) is 0 Å². The average Bonchev–Trinajstić information content (AvgIpc) is 2.80. The lowest BCUT2D eigenvalue weighted by Gasteiger charge is -1.94. The summed E-state index contributed by atoms with van der Waals surface area (Å²) in [6.07, 6.45) is 4.14. The molecule has 2 heterocycles. The number of aryl methyl sites for hydroxylation is 2. The molecular formula is C14H14O2S2. The van der Waals surface area contributed by atoms with Gasteiger partial charge in [0.05, 0.1) is 9.79 Å². The first-order valence-corrected chi connectivity index (χ1v) is 8.15. The lowest BCUT2D eigenvalue weighted by molar-refractivity contribution is 0.566. The highest BCUT2D eigenvalue weighted by atomic mass is 32.2. The SMILES string of the molecule is CSc1c(C)oc2cc3c(SC)c(C)oc3cc12. The van der Waals surface area contributed by atoms with E-state index >= 15 is 0 Å². The second-order valence-corrected chi connectivity index (χ2v) is 5.86. The fraction of sp³-hybridized carbons (Fsp3) is 0.286. The highest BCUT2D eigenvalue weighted by molar-refractivity contribution is 7.99. The van der Waals surface area contributed by atoms with Gasteiger partial charge in [0.15, 0.2) is 0 Å². The maximum Gasteiger partial charge on any atom is 0.136 e. The zero-order chi connectivity index (χ0) is 12.9. The Kier molecular flexibility index (Phi) is 2.87. The van der Waals surface area contributed by atoms with E-state index in [1.54, 1.807) is 23.5 Å². The van der Waals surface area contributed by atoms with Crippen molar-refractivity contribution in [2.24, 2.45) is 0 Å². The molecule has 0 aliphatic heterocycles. The maximum atomic E-state index is 5.84. The summed E-state index contributed by atoms with van der Waals surface area (Å²) in [5.41, 5.74) is 1.89. The number of hydrogen-bond acceptors (Lipinski definition) is 4. The van der Waals surface area contributed by atoms with Gasteiger partial charge in [-0.1, -0.05) is 0 Å². The Morgan fingerprint density at radius 3 is 1.50 bits per heavy atom. The van der Waals surface area contributed by atoms with Crippen molar-refractivity contribution in [3.8, 4) is 0 Å². The molecule has 0 spiro atoms. The first-order chi connectivity index (χ1) is 8.65. The van der Waals surface area contributed by atoms with Gasteiger partial charge in [-0.3, -0.25) is 0 Å². The van der Waals surface area contributed by atoms with Gasteiger partial charge >= 0.3 is 0 Å². The standard InChI is InChI=1S/C14H14O2S2/c1-7-13(17-3)9-5-12-10(6-11(9)15-7)14(18-4)8(2)16-12/h5-6H,1-4H3. The minimum absolute atomic E-state index is 0.945. The van der Waals surface area contributed by atoms with Crippen LogP contribution in [0, 0.1) is 13.8 Å². The molecule has 0 N–H and O–H groups in total. The Balaban J connectivity index is 2.42. The van der Waals surface area contributed by atoms with Gasteiger partial charge in [0.2, 0.25) is 0 Å². The molecule has 3 rings (SSSR count). The summed E-state index contributed by atoms with van der Waals surface area (Å²) in [6, 6.07) is 4.19. The lowest BCUT2D eigenvalue weighted by atomic mass is 10.2. The lowest BCUT2D eigenvalue weighted by Crippen LogP contribution is -1.72. The topological polar surface area (TPSA) is 26.3 Å². The van der Waals surface area contributed by atoms with Crippen LogP contribution in [0.3, 0.4) is 0 Å². The van der Waals surface area contributed by atoms with Gasteiger partial charge in [-0.15, -0.1) is 23.5 Å². The van der Waals surface area contributed by atoms with Crippen molar-refractivity contribution in [2.45, 2.75) is 23.6 Å². The van der Waals surface area contributed by atoms with Crippen LogP contribution < -0.4 is 0 Å². The van der Waals surface area contributed by atoms with E-state index in [0.29, 0.717) is 0 Å². The minimum atomic E-state index is 0.945. The normalized spacial score (nSPS) is 11.8. The maximum absolute atomic E-state index is 5.84. The molecule has 0 saturated carbocycles. The highest BCUT2D eigenvalue weighted by Crippen LogP contribution is 2.39. The predicted octanol–water partition coefficient (Wildman–Crippen LogP) is 5.24. The van der Waals surface area contributed by atoms with Crippen molar-refractivity contribution in [1.82, 2.24) is 0 Å². The summed E-state index contributed by atoms with van der Waals surface area (Å²) in [5.74, 6) is 1.96. The largest absolute Gasteiger partial charge is 0.460 e. The highest BCUT2D eigenvalue weighted by Gasteiger charge is 2.16. The molecule has 0 bridgehead atoms. The Morgan fingerprint density at radius 1 is 0.778 bits per heavy atom. The van der Waals surface area contributed by atoms with E-state index in [0.717, 1.165) is 33.5 Å². The van der Waals surface area contributed by atoms with Gasteiger partial charge in [-0.2, -0.15) is 0 Å².